The monoisotopic (exact) mass is 570 g/mol. The molecule has 36 heavy (non-hydrogen) atoms. The van der Waals surface area contributed by atoms with E-state index >= 15 is 0 Å². The number of carbonyl (C=O) groups excluding carboxylic acids is 3. The van der Waals surface area contributed by atoms with E-state index in [-0.39, 0.29) is 43.9 Å². The van der Waals surface area contributed by atoms with Gasteiger partial charge < -0.3 is 0 Å². The molecule has 0 aliphatic carbocycles. The molecule has 3 aromatic rings. The van der Waals surface area contributed by atoms with Crippen LogP contribution in [0.5, 0.6) is 0 Å². The van der Waals surface area contributed by atoms with Crippen molar-refractivity contribution in [3.05, 3.63) is 75.4 Å². The molecule has 14 heteroatoms. The largest absolute Gasteiger partial charge is 0.298 e. The van der Waals surface area contributed by atoms with Crippen LogP contribution in [0.2, 0.25) is 4.34 Å². The second kappa shape index (κ2) is 10.2. The van der Waals surface area contributed by atoms with Crippen LogP contribution in [0.15, 0.2) is 52.7 Å². The van der Waals surface area contributed by atoms with Crippen LogP contribution < -0.4 is 9.62 Å². The van der Waals surface area contributed by atoms with Gasteiger partial charge in [0.1, 0.15) is 15.8 Å². The maximum atomic E-state index is 15.0. The first-order valence-corrected chi connectivity index (χ1v) is 14.1. The van der Waals surface area contributed by atoms with E-state index in [4.69, 9.17) is 16.2 Å². The molecule has 1 atom stereocenters. The quantitative estimate of drug-likeness (QED) is 0.313. The average Bonchev–Trinajstić information content (AvgIpc) is 3.22. The number of carbonyl (C=O) groups is 3. The number of sulfone groups is 1. The minimum absolute atomic E-state index is 0.0478. The van der Waals surface area contributed by atoms with E-state index in [0.717, 1.165) is 23.5 Å². The van der Waals surface area contributed by atoms with Crippen molar-refractivity contribution < 1.29 is 36.0 Å². The Morgan fingerprint density at radius 1 is 1.17 bits per heavy atom. The van der Waals surface area contributed by atoms with Crippen molar-refractivity contribution in [2.45, 2.75) is 17.1 Å². The van der Waals surface area contributed by atoms with Gasteiger partial charge >= 0.3 is 0 Å². The summed E-state index contributed by atoms with van der Waals surface area (Å²) in [4.78, 5) is 38.7. The highest BCUT2D eigenvalue weighted by atomic mass is 35.5. The molecule has 1 aliphatic rings. The molecule has 1 aromatic heterocycles. The molecule has 1 unspecified atom stereocenters. The highest BCUT2D eigenvalue weighted by Crippen LogP contribution is 2.30. The fraction of sp³-hybridized carbons (Fsp3) is 0.136. The topological polar surface area (TPSA) is 138 Å². The number of anilines is 2. The lowest BCUT2D eigenvalue weighted by Gasteiger charge is -2.27. The van der Waals surface area contributed by atoms with Gasteiger partial charge in [-0.2, -0.15) is 0 Å². The summed E-state index contributed by atoms with van der Waals surface area (Å²) in [7, 11) is -3.90. The number of amides is 2. The van der Waals surface area contributed by atoms with Gasteiger partial charge in [-0.1, -0.05) is 23.7 Å². The van der Waals surface area contributed by atoms with E-state index in [2.05, 4.69) is 4.72 Å². The molecule has 9 nitrogen and oxygen atoms in total. The van der Waals surface area contributed by atoms with Crippen LogP contribution in [0.1, 0.15) is 21.5 Å². The van der Waals surface area contributed by atoms with Crippen molar-refractivity contribution in [2.24, 2.45) is 0 Å². The normalized spacial score (nSPS) is 14.5. The van der Waals surface area contributed by atoms with Crippen molar-refractivity contribution in [2.75, 3.05) is 15.4 Å². The van der Waals surface area contributed by atoms with Crippen molar-refractivity contribution in [1.82, 2.24) is 0 Å². The molecule has 2 N–H and O–H groups in total. The number of benzene rings is 2. The predicted octanol–water partition coefficient (Wildman–Crippen LogP) is 3.40. The molecule has 0 saturated carbocycles. The minimum Gasteiger partial charge on any atom is -0.298 e. The van der Waals surface area contributed by atoms with Crippen LogP contribution in [0.25, 0.3) is 0 Å². The van der Waals surface area contributed by atoms with Gasteiger partial charge in [0.15, 0.2) is 15.6 Å². The fourth-order valence-corrected chi connectivity index (χ4v) is 6.82. The molecule has 2 aromatic carbocycles. The summed E-state index contributed by atoms with van der Waals surface area (Å²) in [6.45, 7) is 0. The number of rotatable bonds is 8. The number of nitrogens with one attached hydrogen (secondary N) is 1. The fourth-order valence-electron chi connectivity index (χ4n) is 3.68. The molecular weight excluding hydrogens is 555 g/mol. The number of hydrogen-bond acceptors (Lipinski definition) is 7. The summed E-state index contributed by atoms with van der Waals surface area (Å²) in [6, 6.07) is 10.3. The van der Waals surface area contributed by atoms with Crippen LogP contribution in [-0.4, -0.2) is 40.5 Å². The smallest absolute Gasteiger partial charge is 0.265 e. The summed E-state index contributed by atoms with van der Waals surface area (Å²) in [5.74, 6) is -3.92. The van der Waals surface area contributed by atoms with Crippen LogP contribution in [0.3, 0.4) is 0 Å². The molecule has 0 saturated heterocycles. The molecular formula is C22H16ClFN2O7S3. The number of ketones is 1. The third kappa shape index (κ3) is 5.55. The molecule has 4 rings (SSSR count). The molecule has 2 amide bonds. The number of fused-ring (bicyclic) bond motifs is 1. The number of thiophene rings is 1. The molecule has 0 fully saturated rings. The molecule has 0 radical (unpaired) electrons. The van der Waals surface area contributed by atoms with E-state index in [1.807, 2.05) is 0 Å². The predicted molar refractivity (Wildman–Crippen MR) is 133 cm³/mol. The Kier molecular flexibility index (Phi) is 7.38. The number of halogens is 2. The Morgan fingerprint density at radius 2 is 1.92 bits per heavy atom. The molecule has 2 heterocycles. The Hall–Kier alpha value is -2.97. The molecule has 1 aliphatic heterocycles. The maximum absolute atomic E-state index is 15.0. The summed E-state index contributed by atoms with van der Waals surface area (Å²) in [5.41, 5.74) is 0.423. The Labute approximate surface area is 216 Å². The third-order valence-corrected chi connectivity index (χ3v) is 9.10. The standard InChI is InChI=1S/C22H16ClFN2O7S3/c23-19-5-6-21(34-19)36(32,33)11-15(27)7-12-1-4-18(17(24)8-12)26-20(28)9-13-2-3-14(25-35(30)31)10-16(13)22(26)29/h1-6,8,10,25H,7,9,11H2,(H,30,31). The molecule has 0 bridgehead atoms. The zero-order valence-electron chi connectivity index (χ0n) is 18.1. The molecule has 0 spiro atoms. The first kappa shape index (κ1) is 26.1. The van der Waals surface area contributed by atoms with Crippen molar-refractivity contribution in [1.29, 1.82) is 0 Å². The second-order valence-electron chi connectivity index (χ2n) is 7.75. The maximum Gasteiger partial charge on any atom is 0.265 e. The zero-order valence-corrected chi connectivity index (χ0v) is 21.3. The Bertz CT molecular complexity index is 1540. The van der Waals surface area contributed by atoms with Gasteiger partial charge in [0, 0.05) is 17.7 Å². The summed E-state index contributed by atoms with van der Waals surface area (Å²) in [5, 5.41) is 0. The second-order valence-corrected chi connectivity index (χ2v) is 12.4. The van der Waals surface area contributed by atoms with E-state index < -0.39 is 50.3 Å². The van der Waals surface area contributed by atoms with Gasteiger partial charge in [0.2, 0.25) is 5.91 Å². The van der Waals surface area contributed by atoms with Gasteiger partial charge in [0.25, 0.3) is 17.2 Å². The minimum atomic E-state index is -3.90. The summed E-state index contributed by atoms with van der Waals surface area (Å²) >= 11 is 4.20. The van der Waals surface area contributed by atoms with E-state index in [9.17, 15) is 31.4 Å². The van der Waals surface area contributed by atoms with Crippen molar-refractivity contribution in [3.63, 3.8) is 0 Å². The van der Waals surface area contributed by atoms with Crippen LogP contribution in [-0.2, 0) is 43.5 Å². The van der Waals surface area contributed by atoms with E-state index in [0.29, 0.717) is 10.5 Å². The molecule has 188 valence electrons. The van der Waals surface area contributed by atoms with E-state index in [1.165, 1.54) is 36.4 Å². The first-order chi connectivity index (χ1) is 16.9. The Morgan fingerprint density at radius 3 is 2.56 bits per heavy atom. The highest BCUT2D eigenvalue weighted by molar-refractivity contribution is 7.94. The van der Waals surface area contributed by atoms with Gasteiger partial charge in [-0.15, -0.1) is 11.3 Å². The van der Waals surface area contributed by atoms with Crippen LogP contribution >= 0.6 is 22.9 Å². The van der Waals surface area contributed by atoms with Crippen LogP contribution in [0, 0.1) is 5.82 Å². The van der Waals surface area contributed by atoms with Gasteiger partial charge in [-0.05, 0) is 47.5 Å². The van der Waals surface area contributed by atoms with Crippen molar-refractivity contribution in [3.8, 4) is 0 Å². The third-order valence-electron chi connectivity index (χ3n) is 5.20. The lowest BCUT2D eigenvalue weighted by atomic mass is 9.97. The Balaban J connectivity index is 1.53. The first-order valence-electron chi connectivity index (χ1n) is 10.1. The lowest BCUT2D eigenvalue weighted by molar-refractivity contribution is -0.118. The SMILES string of the molecule is O=C(Cc1ccc(N2C(=O)Cc3ccc(NS(=O)O)cc3C2=O)c(F)c1)CS(=O)(=O)c1ccc(Cl)s1. The summed E-state index contributed by atoms with van der Waals surface area (Å²) < 4.78 is 62.2. The average molecular weight is 571 g/mol. The number of hydrogen-bond donors (Lipinski definition) is 2. The number of imide groups is 1. The number of nitrogens with zero attached hydrogens (tertiary/aromatic N) is 1. The van der Waals surface area contributed by atoms with Gasteiger partial charge in [0.05, 0.1) is 16.4 Å². The summed E-state index contributed by atoms with van der Waals surface area (Å²) in [6.07, 6.45) is -0.582. The lowest BCUT2D eigenvalue weighted by Crippen LogP contribution is -2.43. The number of Topliss-reactive ketones (excluding diaryl/α,β-unsaturated/α-hetero) is 1. The zero-order chi connectivity index (χ0) is 26.2. The van der Waals surface area contributed by atoms with Crippen molar-refractivity contribution >= 4 is 73.0 Å². The van der Waals surface area contributed by atoms with Gasteiger partial charge in [-0.25, -0.2) is 21.9 Å². The van der Waals surface area contributed by atoms with Gasteiger partial charge in [-0.3, -0.25) is 23.7 Å². The van der Waals surface area contributed by atoms with E-state index in [1.54, 1.807) is 0 Å². The van der Waals surface area contributed by atoms with Crippen LogP contribution in [0.4, 0.5) is 15.8 Å². The highest BCUT2D eigenvalue weighted by Gasteiger charge is 2.34.